The van der Waals surface area contributed by atoms with Crippen LogP contribution in [0.3, 0.4) is 0 Å². The molecule has 2 aliphatic rings. The minimum Gasteiger partial charge on any atom is -0.481 e. The van der Waals surface area contributed by atoms with E-state index < -0.39 is 11.9 Å². The fourth-order valence-corrected chi connectivity index (χ4v) is 3.62. The second-order valence-corrected chi connectivity index (χ2v) is 6.13. The van der Waals surface area contributed by atoms with Crippen LogP contribution in [0.4, 0.5) is 0 Å². The lowest BCUT2D eigenvalue weighted by molar-refractivity contribution is -0.142. The number of carboxylic acids is 1. The standard InChI is InChI=1S/C12H20N2O3S/c15-11(6-8-7-18-5-4-13-8)14-10-3-1-2-9(10)12(16)17/h8-10,13H,1-7H2,(H,14,15)(H,16,17). The molecule has 0 bridgehead atoms. The smallest absolute Gasteiger partial charge is 0.308 e. The molecule has 102 valence electrons. The summed E-state index contributed by atoms with van der Waals surface area (Å²) in [6.07, 6.45) is 2.81. The zero-order valence-electron chi connectivity index (χ0n) is 10.4. The summed E-state index contributed by atoms with van der Waals surface area (Å²) in [4.78, 5) is 22.9. The minimum absolute atomic E-state index is 0.0202. The van der Waals surface area contributed by atoms with Gasteiger partial charge in [-0.25, -0.2) is 0 Å². The number of carbonyl (C=O) groups excluding carboxylic acids is 1. The van der Waals surface area contributed by atoms with Crippen LogP contribution in [-0.4, -0.2) is 47.1 Å². The predicted molar refractivity (Wildman–Crippen MR) is 70.6 cm³/mol. The van der Waals surface area contributed by atoms with Gasteiger partial charge in [-0.05, 0) is 12.8 Å². The van der Waals surface area contributed by atoms with E-state index >= 15 is 0 Å². The molecule has 1 aliphatic heterocycles. The van der Waals surface area contributed by atoms with Crippen LogP contribution in [0.15, 0.2) is 0 Å². The van der Waals surface area contributed by atoms with Crippen LogP contribution in [0.5, 0.6) is 0 Å². The van der Waals surface area contributed by atoms with Crippen molar-refractivity contribution >= 4 is 23.6 Å². The van der Waals surface area contributed by atoms with Crippen LogP contribution in [0.25, 0.3) is 0 Å². The molecule has 0 radical (unpaired) electrons. The molecule has 3 unspecified atom stereocenters. The highest BCUT2D eigenvalue weighted by molar-refractivity contribution is 7.99. The second-order valence-electron chi connectivity index (χ2n) is 4.98. The highest BCUT2D eigenvalue weighted by Gasteiger charge is 2.34. The molecule has 6 heteroatoms. The van der Waals surface area contributed by atoms with Crippen LogP contribution in [0.2, 0.25) is 0 Å². The van der Waals surface area contributed by atoms with Crippen molar-refractivity contribution in [2.45, 2.75) is 37.8 Å². The average molecular weight is 272 g/mol. The topological polar surface area (TPSA) is 78.4 Å². The number of hydrogen-bond acceptors (Lipinski definition) is 4. The molecule has 1 aliphatic carbocycles. The number of carbonyl (C=O) groups is 2. The van der Waals surface area contributed by atoms with E-state index in [2.05, 4.69) is 10.6 Å². The Kier molecular flexibility index (Phi) is 4.88. The van der Waals surface area contributed by atoms with E-state index in [1.165, 1.54) is 0 Å². The van der Waals surface area contributed by atoms with Gasteiger partial charge >= 0.3 is 5.97 Å². The summed E-state index contributed by atoms with van der Waals surface area (Å²) in [7, 11) is 0. The normalized spacial score (nSPS) is 32.1. The van der Waals surface area contributed by atoms with Gasteiger partial charge in [0.2, 0.25) is 5.91 Å². The lowest BCUT2D eigenvalue weighted by atomic mass is 10.0. The highest BCUT2D eigenvalue weighted by Crippen LogP contribution is 2.26. The number of hydrogen-bond donors (Lipinski definition) is 3. The molecule has 2 fully saturated rings. The van der Waals surface area contributed by atoms with Crippen molar-refractivity contribution in [2.75, 3.05) is 18.1 Å². The summed E-state index contributed by atoms with van der Waals surface area (Å²) in [5, 5.41) is 15.3. The Hall–Kier alpha value is -0.750. The van der Waals surface area contributed by atoms with E-state index in [-0.39, 0.29) is 18.0 Å². The number of thioether (sulfide) groups is 1. The highest BCUT2D eigenvalue weighted by atomic mass is 32.2. The molecule has 2 rings (SSSR count). The van der Waals surface area contributed by atoms with Gasteiger partial charge in [0.1, 0.15) is 0 Å². The van der Waals surface area contributed by atoms with Crippen molar-refractivity contribution in [1.29, 1.82) is 0 Å². The monoisotopic (exact) mass is 272 g/mol. The molecule has 0 aromatic rings. The molecule has 5 nitrogen and oxygen atoms in total. The van der Waals surface area contributed by atoms with Gasteiger partial charge < -0.3 is 15.7 Å². The van der Waals surface area contributed by atoms with Gasteiger partial charge in [-0.15, -0.1) is 0 Å². The molecular formula is C12H20N2O3S. The van der Waals surface area contributed by atoms with E-state index in [4.69, 9.17) is 5.11 Å². The average Bonchev–Trinajstić information content (AvgIpc) is 2.78. The van der Waals surface area contributed by atoms with E-state index in [0.29, 0.717) is 12.8 Å². The fraction of sp³-hybridized carbons (Fsp3) is 0.833. The Morgan fingerprint density at radius 2 is 2.22 bits per heavy atom. The van der Waals surface area contributed by atoms with Gasteiger partial charge in [-0.1, -0.05) is 6.42 Å². The van der Waals surface area contributed by atoms with Crippen LogP contribution in [0.1, 0.15) is 25.7 Å². The summed E-state index contributed by atoms with van der Waals surface area (Å²) in [5.74, 6) is 0.849. The molecule has 18 heavy (non-hydrogen) atoms. The largest absolute Gasteiger partial charge is 0.481 e. The van der Waals surface area contributed by atoms with Gasteiger partial charge in [0, 0.05) is 36.6 Å². The lowest BCUT2D eigenvalue weighted by Crippen LogP contribution is -2.45. The maximum absolute atomic E-state index is 11.9. The number of amides is 1. The molecule has 1 saturated heterocycles. The van der Waals surface area contributed by atoms with Crippen molar-refractivity contribution in [3.8, 4) is 0 Å². The SMILES string of the molecule is O=C(CC1CSCCN1)NC1CCCC1C(=O)O. The summed E-state index contributed by atoms with van der Waals surface area (Å²) < 4.78 is 0. The second kappa shape index (κ2) is 6.43. The zero-order chi connectivity index (χ0) is 13.0. The van der Waals surface area contributed by atoms with Crippen molar-refractivity contribution in [3.63, 3.8) is 0 Å². The van der Waals surface area contributed by atoms with Crippen molar-refractivity contribution < 1.29 is 14.7 Å². The van der Waals surface area contributed by atoms with Crippen LogP contribution in [-0.2, 0) is 9.59 Å². The Balaban J connectivity index is 1.77. The molecular weight excluding hydrogens is 252 g/mol. The fourth-order valence-electron chi connectivity index (χ4n) is 2.67. The van der Waals surface area contributed by atoms with E-state index in [1.807, 2.05) is 11.8 Å². The van der Waals surface area contributed by atoms with Gasteiger partial charge in [-0.3, -0.25) is 9.59 Å². The third-order valence-corrected chi connectivity index (χ3v) is 4.74. The van der Waals surface area contributed by atoms with Crippen molar-refractivity contribution in [1.82, 2.24) is 10.6 Å². The van der Waals surface area contributed by atoms with Gasteiger partial charge in [0.05, 0.1) is 5.92 Å². The molecule has 3 atom stereocenters. The molecule has 1 heterocycles. The van der Waals surface area contributed by atoms with Crippen LogP contribution < -0.4 is 10.6 Å². The molecule has 0 aromatic heterocycles. The number of rotatable bonds is 4. The van der Waals surface area contributed by atoms with Crippen molar-refractivity contribution in [3.05, 3.63) is 0 Å². The van der Waals surface area contributed by atoms with E-state index in [1.54, 1.807) is 0 Å². The summed E-state index contributed by atoms with van der Waals surface area (Å²) in [6.45, 7) is 0.948. The molecule has 3 N–H and O–H groups in total. The summed E-state index contributed by atoms with van der Waals surface area (Å²) in [6, 6.07) is 0.0553. The zero-order valence-corrected chi connectivity index (χ0v) is 11.2. The molecule has 0 aromatic carbocycles. The third kappa shape index (κ3) is 3.62. The third-order valence-electron chi connectivity index (χ3n) is 3.61. The molecule has 0 spiro atoms. The summed E-state index contributed by atoms with van der Waals surface area (Å²) >= 11 is 1.86. The Morgan fingerprint density at radius 3 is 2.89 bits per heavy atom. The lowest BCUT2D eigenvalue weighted by Gasteiger charge is -2.24. The summed E-state index contributed by atoms with van der Waals surface area (Å²) in [5.41, 5.74) is 0. The Bertz CT molecular complexity index is 318. The van der Waals surface area contributed by atoms with Crippen LogP contribution in [0, 0.1) is 5.92 Å². The van der Waals surface area contributed by atoms with Gasteiger partial charge in [-0.2, -0.15) is 11.8 Å². The predicted octanol–water partition coefficient (Wildman–Crippen LogP) is 0.451. The maximum Gasteiger partial charge on any atom is 0.308 e. The van der Waals surface area contributed by atoms with Gasteiger partial charge in [0.25, 0.3) is 0 Å². The Labute approximate surface area is 111 Å². The van der Waals surface area contributed by atoms with Gasteiger partial charge in [0.15, 0.2) is 0 Å². The number of aliphatic carboxylic acids is 1. The van der Waals surface area contributed by atoms with E-state index in [9.17, 15) is 9.59 Å². The first kappa shape index (κ1) is 13.7. The maximum atomic E-state index is 11.9. The number of carboxylic acid groups (broad SMARTS) is 1. The van der Waals surface area contributed by atoms with Crippen molar-refractivity contribution in [2.24, 2.45) is 5.92 Å². The minimum atomic E-state index is -0.788. The quantitative estimate of drug-likeness (QED) is 0.692. The first-order valence-corrected chi connectivity index (χ1v) is 7.65. The first-order valence-electron chi connectivity index (χ1n) is 6.50. The number of nitrogens with one attached hydrogen (secondary N) is 2. The first-order chi connectivity index (χ1) is 8.66. The van der Waals surface area contributed by atoms with E-state index in [0.717, 1.165) is 30.9 Å². The Morgan fingerprint density at radius 1 is 1.39 bits per heavy atom. The molecule has 1 amide bonds. The molecule has 1 saturated carbocycles. The van der Waals surface area contributed by atoms with Crippen LogP contribution >= 0.6 is 11.8 Å².